The molecule has 1 aliphatic rings. The van der Waals surface area contributed by atoms with Crippen LogP contribution in [0, 0.1) is 0 Å². The Morgan fingerprint density at radius 1 is 0.824 bits per heavy atom. The van der Waals surface area contributed by atoms with Gasteiger partial charge in [0.25, 0.3) is 0 Å². The monoisotopic (exact) mass is 223 g/mol. The Labute approximate surface area is 100 Å². The minimum atomic E-state index is 0.176. The maximum absolute atomic E-state index is 12.1. The number of amides is 1. The fourth-order valence-corrected chi connectivity index (χ4v) is 2.24. The van der Waals surface area contributed by atoms with Crippen molar-refractivity contribution < 1.29 is 4.79 Å². The van der Waals surface area contributed by atoms with Crippen molar-refractivity contribution in [2.24, 2.45) is 0 Å². The Morgan fingerprint density at radius 3 is 2.24 bits per heavy atom. The fraction of sp³-hybridized carbons (Fsp3) is 0.133. The smallest absolute Gasteiger partial charge is 0.231 e. The lowest BCUT2D eigenvalue weighted by Crippen LogP contribution is -2.36. The number of para-hydroxylation sites is 1. The van der Waals surface area contributed by atoms with Crippen LogP contribution >= 0.6 is 0 Å². The number of anilines is 1. The van der Waals surface area contributed by atoms with Gasteiger partial charge in [0.1, 0.15) is 0 Å². The summed E-state index contributed by atoms with van der Waals surface area (Å²) in [6, 6.07) is 18.0. The fourth-order valence-electron chi connectivity index (χ4n) is 2.24. The second-order valence-corrected chi connectivity index (χ2v) is 4.26. The Morgan fingerprint density at radius 2 is 1.47 bits per heavy atom. The van der Waals surface area contributed by atoms with Gasteiger partial charge in [0.05, 0.1) is 13.0 Å². The predicted octanol–water partition coefficient (Wildman–Crippen LogP) is 2.78. The first kappa shape index (κ1) is 10.1. The Balaban J connectivity index is 1.98. The summed E-state index contributed by atoms with van der Waals surface area (Å²) in [4.78, 5) is 13.9. The van der Waals surface area contributed by atoms with Crippen LogP contribution in [0.5, 0.6) is 0 Å². The van der Waals surface area contributed by atoms with Crippen LogP contribution in [0.15, 0.2) is 54.6 Å². The van der Waals surface area contributed by atoms with Crippen LogP contribution < -0.4 is 4.90 Å². The molecule has 0 atom stereocenters. The number of hydrogen-bond donors (Lipinski definition) is 0. The number of fused-ring (bicyclic) bond motifs is 1. The summed E-state index contributed by atoms with van der Waals surface area (Å²) in [5, 5.41) is 0. The van der Waals surface area contributed by atoms with Crippen molar-refractivity contribution >= 4 is 11.6 Å². The van der Waals surface area contributed by atoms with Crippen LogP contribution in [0.4, 0.5) is 5.69 Å². The molecule has 1 amide bonds. The van der Waals surface area contributed by atoms with Crippen LogP contribution in [-0.2, 0) is 17.8 Å². The first-order chi connectivity index (χ1) is 8.34. The van der Waals surface area contributed by atoms with Crippen molar-refractivity contribution in [3.05, 3.63) is 65.7 Å². The third-order valence-electron chi connectivity index (χ3n) is 3.16. The van der Waals surface area contributed by atoms with Crippen molar-refractivity contribution in [2.75, 3.05) is 4.90 Å². The van der Waals surface area contributed by atoms with E-state index in [1.807, 2.05) is 53.4 Å². The molecule has 0 spiro atoms. The summed E-state index contributed by atoms with van der Waals surface area (Å²) < 4.78 is 0. The van der Waals surface area contributed by atoms with E-state index in [0.29, 0.717) is 13.0 Å². The zero-order chi connectivity index (χ0) is 11.7. The molecule has 0 N–H and O–H groups in total. The van der Waals surface area contributed by atoms with Gasteiger partial charge in [-0.3, -0.25) is 4.79 Å². The van der Waals surface area contributed by atoms with Crippen LogP contribution in [0.2, 0.25) is 0 Å². The van der Waals surface area contributed by atoms with E-state index in [1.54, 1.807) is 0 Å². The first-order valence-corrected chi connectivity index (χ1v) is 5.77. The average molecular weight is 223 g/mol. The van der Waals surface area contributed by atoms with Crippen molar-refractivity contribution in [1.29, 1.82) is 0 Å². The number of carbonyl (C=O) groups is 1. The average Bonchev–Trinajstić information content (AvgIpc) is 2.39. The highest BCUT2D eigenvalue weighted by molar-refractivity contribution is 5.96. The van der Waals surface area contributed by atoms with Gasteiger partial charge in [-0.25, -0.2) is 0 Å². The molecule has 1 heterocycles. The van der Waals surface area contributed by atoms with E-state index in [2.05, 4.69) is 6.07 Å². The maximum Gasteiger partial charge on any atom is 0.231 e. The summed E-state index contributed by atoms with van der Waals surface area (Å²) in [5.74, 6) is 0.176. The quantitative estimate of drug-likeness (QED) is 0.728. The van der Waals surface area contributed by atoms with Gasteiger partial charge >= 0.3 is 0 Å². The lowest BCUT2D eigenvalue weighted by molar-refractivity contribution is -0.118. The molecule has 84 valence electrons. The van der Waals surface area contributed by atoms with Gasteiger partial charge in [0.15, 0.2) is 0 Å². The van der Waals surface area contributed by atoms with Crippen molar-refractivity contribution in [3.8, 4) is 0 Å². The molecule has 2 nitrogen and oxygen atoms in total. The van der Waals surface area contributed by atoms with Gasteiger partial charge in [0.2, 0.25) is 5.91 Å². The topological polar surface area (TPSA) is 20.3 Å². The van der Waals surface area contributed by atoms with Gasteiger partial charge < -0.3 is 4.90 Å². The third-order valence-corrected chi connectivity index (χ3v) is 3.16. The SMILES string of the molecule is O=C1Cc2ccccc2CN1c1ccccc1. The van der Waals surface area contributed by atoms with E-state index >= 15 is 0 Å². The number of nitrogens with zero attached hydrogens (tertiary/aromatic N) is 1. The molecule has 3 rings (SSSR count). The van der Waals surface area contributed by atoms with Crippen LogP contribution in [-0.4, -0.2) is 5.91 Å². The van der Waals surface area contributed by atoms with Crippen molar-refractivity contribution in [3.63, 3.8) is 0 Å². The molecule has 0 unspecified atom stereocenters. The molecule has 0 fully saturated rings. The summed E-state index contributed by atoms with van der Waals surface area (Å²) >= 11 is 0. The van der Waals surface area contributed by atoms with Gasteiger partial charge in [-0.05, 0) is 23.3 Å². The van der Waals surface area contributed by atoms with E-state index in [4.69, 9.17) is 0 Å². The highest BCUT2D eigenvalue weighted by Crippen LogP contribution is 2.24. The lowest BCUT2D eigenvalue weighted by Gasteiger charge is -2.28. The molecular formula is C15H13NO. The van der Waals surface area contributed by atoms with E-state index in [-0.39, 0.29) is 5.91 Å². The molecule has 0 aliphatic carbocycles. The van der Waals surface area contributed by atoms with Crippen LogP contribution in [0.3, 0.4) is 0 Å². The molecule has 2 aromatic carbocycles. The molecular weight excluding hydrogens is 210 g/mol. The van der Waals surface area contributed by atoms with E-state index in [1.165, 1.54) is 5.56 Å². The predicted molar refractivity (Wildman–Crippen MR) is 67.8 cm³/mol. The standard InChI is InChI=1S/C15H13NO/c17-15-10-12-6-4-5-7-13(12)11-16(15)14-8-2-1-3-9-14/h1-9H,10-11H2. The second kappa shape index (κ2) is 4.06. The Bertz CT molecular complexity index is 548. The number of hydrogen-bond acceptors (Lipinski definition) is 1. The van der Waals surface area contributed by atoms with Crippen molar-refractivity contribution in [2.45, 2.75) is 13.0 Å². The molecule has 17 heavy (non-hydrogen) atoms. The lowest BCUT2D eigenvalue weighted by atomic mass is 9.99. The molecule has 1 aliphatic heterocycles. The number of benzene rings is 2. The van der Waals surface area contributed by atoms with Gasteiger partial charge in [-0.1, -0.05) is 42.5 Å². The number of carbonyl (C=O) groups excluding carboxylic acids is 1. The maximum atomic E-state index is 12.1. The van der Waals surface area contributed by atoms with Gasteiger partial charge in [-0.2, -0.15) is 0 Å². The van der Waals surface area contributed by atoms with Crippen molar-refractivity contribution in [1.82, 2.24) is 0 Å². The third kappa shape index (κ3) is 1.82. The molecule has 0 radical (unpaired) electrons. The van der Waals surface area contributed by atoms with E-state index in [9.17, 15) is 4.79 Å². The second-order valence-electron chi connectivity index (χ2n) is 4.26. The van der Waals surface area contributed by atoms with E-state index in [0.717, 1.165) is 11.3 Å². The number of rotatable bonds is 1. The summed E-state index contributed by atoms with van der Waals surface area (Å²) in [7, 11) is 0. The summed E-state index contributed by atoms with van der Waals surface area (Å²) in [5.41, 5.74) is 3.38. The molecule has 0 saturated carbocycles. The minimum absolute atomic E-state index is 0.176. The normalized spacial score (nSPS) is 14.6. The minimum Gasteiger partial charge on any atom is -0.308 e. The first-order valence-electron chi connectivity index (χ1n) is 5.77. The Kier molecular flexibility index (Phi) is 2.41. The zero-order valence-corrected chi connectivity index (χ0v) is 9.47. The zero-order valence-electron chi connectivity index (χ0n) is 9.47. The van der Waals surface area contributed by atoms with Crippen LogP contribution in [0.1, 0.15) is 11.1 Å². The summed E-state index contributed by atoms with van der Waals surface area (Å²) in [6.07, 6.45) is 0.505. The Hall–Kier alpha value is -2.09. The van der Waals surface area contributed by atoms with Gasteiger partial charge in [-0.15, -0.1) is 0 Å². The summed E-state index contributed by atoms with van der Waals surface area (Å²) in [6.45, 7) is 0.680. The largest absolute Gasteiger partial charge is 0.308 e. The van der Waals surface area contributed by atoms with Crippen LogP contribution in [0.25, 0.3) is 0 Å². The molecule has 0 saturated heterocycles. The molecule has 0 aromatic heterocycles. The highest BCUT2D eigenvalue weighted by Gasteiger charge is 2.23. The van der Waals surface area contributed by atoms with Gasteiger partial charge in [0, 0.05) is 5.69 Å². The molecule has 0 bridgehead atoms. The molecule has 2 aromatic rings. The molecule has 2 heteroatoms. The highest BCUT2D eigenvalue weighted by atomic mass is 16.2. The van der Waals surface area contributed by atoms with E-state index < -0.39 is 0 Å².